The predicted octanol–water partition coefficient (Wildman–Crippen LogP) is 5.15. The van der Waals surface area contributed by atoms with Gasteiger partial charge in [-0.25, -0.2) is 4.58 Å². The van der Waals surface area contributed by atoms with Crippen LogP contribution in [0.4, 0.5) is 5.69 Å². The van der Waals surface area contributed by atoms with E-state index in [0.717, 1.165) is 16.7 Å². The molecule has 0 bridgehead atoms. The number of carbonyl (C=O) groups excluding carboxylic acids is 1. The Morgan fingerprint density at radius 1 is 1.06 bits per heavy atom. The minimum absolute atomic E-state index is 0.102. The third-order valence-corrected chi connectivity index (χ3v) is 11.2. The summed E-state index contributed by atoms with van der Waals surface area (Å²) in [4.78, 5) is 14.3. The molecule has 2 aromatic carbocycles. The molecule has 0 saturated heterocycles. The van der Waals surface area contributed by atoms with Gasteiger partial charge in [-0.15, -0.1) is 6.58 Å². The first-order valence-corrected chi connectivity index (χ1v) is 14.3. The standard InChI is InChI=1S/C30H35N2OSi/c1-10-34(9)27-17-23(31(5)6)11-13-25(27)30(26-14-12-24(32(7)8)18-28(26)34)29-19(2)15-22(21(4)33)16-20(29)3/h10-18H,1H2,2-9H3/q+1. The van der Waals surface area contributed by atoms with Gasteiger partial charge in [0.2, 0.25) is 0 Å². The molecule has 1 atom stereocenters. The summed E-state index contributed by atoms with van der Waals surface area (Å²) in [6.45, 7) is 12.7. The van der Waals surface area contributed by atoms with Crippen molar-refractivity contribution in [2.24, 2.45) is 0 Å². The van der Waals surface area contributed by atoms with Crippen LogP contribution in [0, 0.1) is 13.8 Å². The van der Waals surface area contributed by atoms with E-state index < -0.39 is 8.07 Å². The van der Waals surface area contributed by atoms with Gasteiger partial charge in [0.1, 0.15) is 22.2 Å². The van der Waals surface area contributed by atoms with Crippen molar-refractivity contribution in [3.05, 3.63) is 99.4 Å². The van der Waals surface area contributed by atoms with Crippen LogP contribution in [0.3, 0.4) is 0 Å². The number of benzene rings is 2. The van der Waals surface area contributed by atoms with Gasteiger partial charge in [0.15, 0.2) is 11.5 Å². The summed E-state index contributed by atoms with van der Waals surface area (Å²) in [5, 5.41) is 2.78. The number of aryl methyl sites for hydroxylation is 2. The number of allylic oxidation sites excluding steroid dienone is 5. The van der Waals surface area contributed by atoms with E-state index in [1.54, 1.807) is 6.92 Å². The molecule has 0 aromatic heterocycles. The molecule has 4 heteroatoms. The first-order chi connectivity index (χ1) is 16.0. The normalized spacial score (nSPS) is 18.8. The maximum absolute atomic E-state index is 12.1. The van der Waals surface area contributed by atoms with Crippen LogP contribution in [0.5, 0.6) is 0 Å². The lowest BCUT2D eigenvalue weighted by Crippen LogP contribution is -2.51. The van der Waals surface area contributed by atoms with Crippen molar-refractivity contribution in [2.45, 2.75) is 27.3 Å². The zero-order chi connectivity index (χ0) is 24.9. The molecule has 0 amide bonds. The third kappa shape index (κ3) is 3.66. The van der Waals surface area contributed by atoms with E-state index in [2.05, 4.69) is 107 Å². The molecule has 2 aliphatic rings. The Morgan fingerprint density at radius 2 is 1.71 bits per heavy atom. The summed E-state index contributed by atoms with van der Waals surface area (Å²) in [6, 6.07) is 10.9. The number of fused-ring (bicyclic) bond motifs is 2. The number of carbonyl (C=O) groups is 1. The summed E-state index contributed by atoms with van der Waals surface area (Å²) in [7, 11) is 6.16. The first-order valence-electron chi connectivity index (χ1n) is 11.8. The fourth-order valence-corrected chi connectivity index (χ4v) is 8.42. The number of Topliss-reactive ketones (excluding diaryl/α,β-unsaturated/α-hetero) is 1. The predicted molar refractivity (Wildman–Crippen MR) is 148 cm³/mol. The Morgan fingerprint density at radius 3 is 2.24 bits per heavy atom. The van der Waals surface area contributed by atoms with Gasteiger partial charge < -0.3 is 4.90 Å². The van der Waals surface area contributed by atoms with Crippen LogP contribution >= 0.6 is 0 Å². The Labute approximate surface area is 205 Å². The van der Waals surface area contributed by atoms with E-state index in [0.29, 0.717) is 0 Å². The lowest BCUT2D eigenvalue weighted by atomic mass is 9.84. The van der Waals surface area contributed by atoms with Crippen molar-refractivity contribution in [2.75, 3.05) is 33.1 Å². The van der Waals surface area contributed by atoms with Crippen LogP contribution in [0.2, 0.25) is 6.55 Å². The van der Waals surface area contributed by atoms with E-state index in [-0.39, 0.29) is 5.78 Å². The van der Waals surface area contributed by atoms with Gasteiger partial charge in [0, 0.05) is 37.5 Å². The summed E-state index contributed by atoms with van der Waals surface area (Å²) in [6.07, 6.45) is 6.86. The average molecular weight is 468 g/mol. The molecule has 1 aliphatic carbocycles. The maximum Gasteiger partial charge on any atom is 0.199 e. The highest BCUT2D eigenvalue weighted by atomic mass is 28.3. The molecule has 34 heavy (non-hydrogen) atoms. The largest absolute Gasteiger partial charge is 0.378 e. The summed E-state index contributed by atoms with van der Waals surface area (Å²) in [5.74, 6) is 0.102. The van der Waals surface area contributed by atoms with E-state index >= 15 is 0 Å². The van der Waals surface area contributed by atoms with Crippen LogP contribution in [0.25, 0.3) is 5.57 Å². The highest BCUT2D eigenvalue weighted by molar-refractivity contribution is 7.02. The molecule has 1 unspecified atom stereocenters. The molecule has 174 valence electrons. The molecule has 1 heterocycles. The zero-order valence-corrected chi connectivity index (χ0v) is 22.7. The van der Waals surface area contributed by atoms with E-state index in [9.17, 15) is 4.79 Å². The summed E-state index contributed by atoms with van der Waals surface area (Å²) in [5.41, 5.74) is 12.7. The molecule has 0 N–H and O–H groups in total. The number of hydrogen-bond acceptors (Lipinski definition) is 2. The van der Waals surface area contributed by atoms with Crippen molar-refractivity contribution in [3.63, 3.8) is 0 Å². The monoisotopic (exact) mass is 467 g/mol. The highest BCUT2D eigenvalue weighted by Crippen LogP contribution is 2.44. The van der Waals surface area contributed by atoms with E-state index in [4.69, 9.17) is 0 Å². The Bertz CT molecular complexity index is 1340. The van der Waals surface area contributed by atoms with Gasteiger partial charge in [-0.3, -0.25) is 4.79 Å². The molecule has 0 spiro atoms. The van der Waals surface area contributed by atoms with Gasteiger partial charge >= 0.3 is 0 Å². The maximum atomic E-state index is 12.1. The Hall–Kier alpha value is -3.24. The van der Waals surface area contributed by atoms with E-state index in [1.807, 2.05) is 12.1 Å². The Kier molecular flexibility index (Phi) is 5.99. The van der Waals surface area contributed by atoms with Gasteiger partial charge in [-0.05, 0) is 94.9 Å². The summed E-state index contributed by atoms with van der Waals surface area (Å²) < 4.78 is 2.17. The van der Waals surface area contributed by atoms with Crippen molar-refractivity contribution < 1.29 is 9.37 Å². The van der Waals surface area contributed by atoms with Crippen molar-refractivity contribution in [1.82, 2.24) is 0 Å². The number of nitrogens with zero attached hydrogens (tertiary/aromatic N) is 2. The SMILES string of the molecule is C=C[Si]1(C)C2=CC(=[N+](C)C)C=CC2=C(c2c(C)cc(C(C)=O)cc2C)c2ccc(N(C)C)cc21. The summed E-state index contributed by atoms with van der Waals surface area (Å²) >= 11 is 0. The molecular weight excluding hydrogens is 432 g/mol. The van der Waals surface area contributed by atoms with Crippen LogP contribution in [0.15, 0.2) is 71.6 Å². The second-order valence-corrected chi connectivity index (χ2v) is 14.0. The number of ketones is 1. The van der Waals surface area contributed by atoms with Gasteiger partial charge in [0.25, 0.3) is 0 Å². The molecule has 0 fully saturated rings. The lowest BCUT2D eigenvalue weighted by molar-refractivity contribution is -0.462. The number of rotatable bonds is 4. The Balaban J connectivity index is 2.16. The average Bonchev–Trinajstić information content (AvgIpc) is 2.79. The highest BCUT2D eigenvalue weighted by Gasteiger charge is 2.42. The minimum Gasteiger partial charge on any atom is -0.378 e. The van der Waals surface area contributed by atoms with Crippen molar-refractivity contribution in [1.29, 1.82) is 0 Å². The smallest absolute Gasteiger partial charge is 0.199 e. The second-order valence-electron chi connectivity index (χ2n) is 10.1. The topological polar surface area (TPSA) is 23.3 Å². The fraction of sp³-hybridized carbons (Fsp3) is 0.267. The third-order valence-electron chi connectivity index (χ3n) is 7.29. The zero-order valence-electron chi connectivity index (χ0n) is 21.7. The van der Waals surface area contributed by atoms with Crippen LogP contribution in [-0.4, -0.2) is 52.3 Å². The molecule has 0 saturated carbocycles. The van der Waals surface area contributed by atoms with Crippen molar-refractivity contribution >= 4 is 36.0 Å². The molecule has 4 rings (SSSR count). The lowest BCUT2D eigenvalue weighted by Gasteiger charge is -2.39. The fourth-order valence-electron chi connectivity index (χ4n) is 5.26. The van der Waals surface area contributed by atoms with Gasteiger partial charge in [-0.1, -0.05) is 18.3 Å². The first kappa shape index (κ1) is 23.9. The minimum atomic E-state index is -2.21. The van der Waals surface area contributed by atoms with Crippen LogP contribution < -0.4 is 10.1 Å². The van der Waals surface area contributed by atoms with Crippen molar-refractivity contribution in [3.8, 4) is 0 Å². The number of hydrogen-bond donors (Lipinski definition) is 0. The van der Waals surface area contributed by atoms with E-state index in [1.165, 1.54) is 44.1 Å². The molecule has 1 aliphatic heterocycles. The number of anilines is 1. The van der Waals surface area contributed by atoms with Crippen LogP contribution in [0.1, 0.15) is 39.5 Å². The molecule has 3 nitrogen and oxygen atoms in total. The molecule has 0 radical (unpaired) electrons. The van der Waals surface area contributed by atoms with Gasteiger partial charge in [-0.2, -0.15) is 0 Å². The quantitative estimate of drug-likeness (QED) is 0.353. The van der Waals surface area contributed by atoms with Crippen LogP contribution in [-0.2, 0) is 0 Å². The molecule has 2 aromatic rings. The second kappa shape index (κ2) is 8.52. The van der Waals surface area contributed by atoms with Gasteiger partial charge in [0.05, 0.1) is 0 Å². The molecular formula is C30H35N2OSi+.